The van der Waals surface area contributed by atoms with Gasteiger partial charge in [0.25, 0.3) is 0 Å². The highest BCUT2D eigenvalue weighted by molar-refractivity contribution is 5.70. The molecule has 0 bridgehead atoms. The lowest BCUT2D eigenvalue weighted by atomic mass is 9.69. The van der Waals surface area contributed by atoms with Crippen molar-refractivity contribution in [3.63, 3.8) is 0 Å². The van der Waals surface area contributed by atoms with E-state index in [1.807, 2.05) is 0 Å². The van der Waals surface area contributed by atoms with Crippen LogP contribution in [0.15, 0.2) is 48.1 Å². The lowest BCUT2D eigenvalue weighted by Gasteiger charge is -2.35. The molecule has 0 aromatic heterocycles. The molecule has 0 spiro atoms. The summed E-state index contributed by atoms with van der Waals surface area (Å²) < 4.78 is 0. The number of benzene rings is 1. The first-order valence-electron chi connectivity index (χ1n) is 7.66. The Morgan fingerprint density at radius 3 is 2.00 bits per heavy atom. The summed E-state index contributed by atoms with van der Waals surface area (Å²) in [4.78, 5) is 0. The average Bonchev–Trinajstić information content (AvgIpc) is 2.37. The largest absolute Gasteiger partial charge is 0.0768 e. The van der Waals surface area contributed by atoms with Crippen LogP contribution in [0.3, 0.4) is 0 Å². The third-order valence-corrected chi connectivity index (χ3v) is 4.27. The van der Waals surface area contributed by atoms with E-state index in [4.69, 9.17) is 0 Å². The second-order valence-corrected chi connectivity index (χ2v) is 8.08. The quantitative estimate of drug-likeness (QED) is 0.576. The Morgan fingerprint density at radius 1 is 0.900 bits per heavy atom. The second kappa shape index (κ2) is 5.24. The third kappa shape index (κ3) is 3.42. The minimum atomic E-state index is 0.212. The number of hydrogen-bond acceptors (Lipinski definition) is 0. The zero-order chi connectivity index (χ0) is 15.0. The Bertz CT molecular complexity index is 515. The van der Waals surface area contributed by atoms with E-state index in [0.717, 1.165) is 6.42 Å². The maximum atomic E-state index is 2.51. The number of allylic oxidation sites excluding steroid dienone is 4. The molecule has 0 heterocycles. The van der Waals surface area contributed by atoms with Crippen LogP contribution >= 0.6 is 0 Å². The first kappa shape index (κ1) is 15.1. The van der Waals surface area contributed by atoms with Crippen molar-refractivity contribution < 1.29 is 0 Å². The minimum absolute atomic E-state index is 0.212. The van der Waals surface area contributed by atoms with Gasteiger partial charge in [-0.2, -0.15) is 0 Å². The van der Waals surface area contributed by atoms with Gasteiger partial charge >= 0.3 is 0 Å². The summed E-state index contributed by atoms with van der Waals surface area (Å²) in [7, 11) is 0. The second-order valence-electron chi connectivity index (χ2n) is 8.08. The van der Waals surface area contributed by atoms with E-state index in [2.05, 4.69) is 84.0 Å². The summed E-state index contributed by atoms with van der Waals surface area (Å²) in [6.45, 7) is 14.0. The molecule has 1 aromatic rings. The van der Waals surface area contributed by atoms with Gasteiger partial charge in [0.05, 0.1) is 0 Å². The van der Waals surface area contributed by atoms with Gasteiger partial charge in [-0.1, -0.05) is 84.0 Å². The highest BCUT2D eigenvalue weighted by atomic mass is 14.3. The van der Waals surface area contributed by atoms with E-state index in [9.17, 15) is 0 Å². The summed E-state index contributed by atoms with van der Waals surface area (Å²) in [5.41, 5.74) is 4.85. The maximum Gasteiger partial charge on any atom is -0.0135 e. The number of hydrogen-bond donors (Lipinski definition) is 0. The van der Waals surface area contributed by atoms with E-state index in [0.29, 0.717) is 11.3 Å². The summed E-state index contributed by atoms with van der Waals surface area (Å²) in [5, 5.41) is 0. The summed E-state index contributed by atoms with van der Waals surface area (Å²) >= 11 is 0. The molecule has 0 fully saturated rings. The lowest BCUT2D eigenvalue weighted by Crippen LogP contribution is -2.23. The monoisotopic (exact) mass is 268 g/mol. The van der Waals surface area contributed by atoms with Gasteiger partial charge in [-0.3, -0.25) is 0 Å². The third-order valence-electron chi connectivity index (χ3n) is 4.27. The fraction of sp³-hybridized carbons (Fsp3) is 0.500. The highest BCUT2D eigenvalue weighted by Crippen LogP contribution is 2.43. The molecule has 0 aliphatic heterocycles. The molecule has 108 valence electrons. The molecule has 0 saturated carbocycles. The van der Waals surface area contributed by atoms with Crippen LogP contribution in [0.4, 0.5) is 0 Å². The SMILES string of the molecule is CC(C)(C)C1=CC(C(C)(C)C)CC(c2ccccc2)=C1. The standard InChI is InChI=1S/C20H28/c1-19(2,3)17-12-16(15-10-8-7-9-11-15)13-18(14-17)20(4,5)6/h7-12,14,18H,13H2,1-6H3. The van der Waals surface area contributed by atoms with E-state index >= 15 is 0 Å². The van der Waals surface area contributed by atoms with Crippen molar-refractivity contribution in [2.24, 2.45) is 16.7 Å². The smallest absolute Gasteiger partial charge is 0.0135 e. The molecule has 1 unspecified atom stereocenters. The molecular formula is C20H28. The fourth-order valence-corrected chi connectivity index (χ4v) is 2.68. The van der Waals surface area contributed by atoms with Crippen LogP contribution in [-0.2, 0) is 0 Å². The van der Waals surface area contributed by atoms with Crippen molar-refractivity contribution in [2.75, 3.05) is 0 Å². The van der Waals surface area contributed by atoms with E-state index in [1.165, 1.54) is 16.7 Å². The Morgan fingerprint density at radius 2 is 1.50 bits per heavy atom. The molecule has 0 heteroatoms. The van der Waals surface area contributed by atoms with Gasteiger partial charge in [-0.05, 0) is 39.9 Å². The minimum Gasteiger partial charge on any atom is -0.0768 e. The Labute approximate surface area is 124 Å². The molecule has 0 amide bonds. The predicted octanol–water partition coefficient (Wildman–Crippen LogP) is 6.11. The van der Waals surface area contributed by atoms with Gasteiger partial charge in [-0.25, -0.2) is 0 Å². The highest BCUT2D eigenvalue weighted by Gasteiger charge is 2.29. The van der Waals surface area contributed by atoms with Crippen molar-refractivity contribution >= 4 is 5.57 Å². The molecule has 0 saturated heterocycles. The average molecular weight is 268 g/mol. The van der Waals surface area contributed by atoms with Crippen molar-refractivity contribution in [2.45, 2.75) is 48.0 Å². The molecule has 0 nitrogen and oxygen atoms in total. The molecule has 1 atom stereocenters. The van der Waals surface area contributed by atoms with Crippen LogP contribution in [0.1, 0.15) is 53.5 Å². The van der Waals surface area contributed by atoms with Crippen LogP contribution in [0, 0.1) is 16.7 Å². The van der Waals surface area contributed by atoms with Crippen LogP contribution in [0.2, 0.25) is 0 Å². The Kier molecular flexibility index (Phi) is 3.95. The first-order valence-corrected chi connectivity index (χ1v) is 7.66. The van der Waals surface area contributed by atoms with E-state index < -0.39 is 0 Å². The normalized spacial score (nSPS) is 20.4. The van der Waals surface area contributed by atoms with Crippen LogP contribution < -0.4 is 0 Å². The van der Waals surface area contributed by atoms with Gasteiger partial charge < -0.3 is 0 Å². The van der Waals surface area contributed by atoms with Crippen molar-refractivity contribution in [1.29, 1.82) is 0 Å². The van der Waals surface area contributed by atoms with Gasteiger partial charge in [0, 0.05) is 0 Å². The predicted molar refractivity (Wildman–Crippen MR) is 89.5 cm³/mol. The molecule has 2 rings (SSSR count). The van der Waals surface area contributed by atoms with Crippen LogP contribution in [0.5, 0.6) is 0 Å². The van der Waals surface area contributed by atoms with Gasteiger partial charge in [0.15, 0.2) is 0 Å². The summed E-state index contributed by atoms with van der Waals surface area (Å²) in [5.74, 6) is 0.608. The van der Waals surface area contributed by atoms with Crippen molar-refractivity contribution in [1.82, 2.24) is 0 Å². The van der Waals surface area contributed by atoms with E-state index in [-0.39, 0.29) is 5.41 Å². The van der Waals surface area contributed by atoms with Gasteiger partial charge in [-0.15, -0.1) is 0 Å². The van der Waals surface area contributed by atoms with Gasteiger partial charge in [0.1, 0.15) is 0 Å². The summed E-state index contributed by atoms with van der Waals surface area (Å²) in [6.07, 6.45) is 6.07. The molecule has 1 aromatic carbocycles. The zero-order valence-corrected chi connectivity index (χ0v) is 13.8. The Hall–Kier alpha value is -1.30. The van der Waals surface area contributed by atoms with E-state index in [1.54, 1.807) is 0 Å². The first-order chi connectivity index (χ1) is 9.18. The Balaban J connectivity index is 2.44. The summed E-state index contributed by atoms with van der Waals surface area (Å²) in [6, 6.07) is 10.8. The van der Waals surface area contributed by atoms with Crippen molar-refractivity contribution in [3.05, 3.63) is 53.6 Å². The molecular weight excluding hydrogens is 240 g/mol. The maximum absolute atomic E-state index is 2.51. The van der Waals surface area contributed by atoms with Crippen LogP contribution in [-0.4, -0.2) is 0 Å². The molecule has 20 heavy (non-hydrogen) atoms. The molecule has 1 aliphatic rings. The molecule has 0 N–H and O–H groups in total. The van der Waals surface area contributed by atoms with Gasteiger partial charge in [0.2, 0.25) is 0 Å². The number of rotatable bonds is 1. The fourth-order valence-electron chi connectivity index (χ4n) is 2.68. The van der Waals surface area contributed by atoms with Crippen molar-refractivity contribution in [3.8, 4) is 0 Å². The molecule has 0 radical (unpaired) electrons. The zero-order valence-electron chi connectivity index (χ0n) is 13.8. The van der Waals surface area contributed by atoms with Crippen LogP contribution in [0.25, 0.3) is 5.57 Å². The molecule has 1 aliphatic carbocycles. The topological polar surface area (TPSA) is 0 Å². The lowest BCUT2D eigenvalue weighted by molar-refractivity contribution is 0.292.